The Kier molecular flexibility index (Phi) is 2.73. The van der Waals surface area contributed by atoms with E-state index in [2.05, 4.69) is 50.4 Å². The lowest BCUT2D eigenvalue weighted by Crippen LogP contribution is -2.14. The molecule has 0 aromatic carbocycles. The van der Waals surface area contributed by atoms with Crippen LogP contribution in [0.2, 0.25) is 0 Å². The maximum Gasteiger partial charge on any atom is 0.0377 e. The topological polar surface area (TPSA) is 12.0 Å². The summed E-state index contributed by atoms with van der Waals surface area (Å²) in [7, 11) is 0. The zero-order valence-corrected chi connectivity index (χ0v) is 11.7. The Morgan fingerprint density at radius 2 is 2.11 bits per heavy atom. The molecule has 0 fully saturated rings. The van der Waals surface area contributed by atoms with Crippen molar-refractivity contribution in [3.05, 3.63) is 46.8 Å². The minimum absolute atomic E-state index is 0.317. The predicted octanol–water partition coefficient (Wildman–Crippen LogP) is 4.46. The summed E-state index contributed by atoms with van der Waals surface area (Å²) in [6.07, 6.45) is 14.2. The van der Waals surface area contributed by atoms with E-state index in [1.165, 1.54) is 42.7 Å². The Morgan fingerprint density at radius 1 is 1.28 bits per heavy atom. The van der Waals surface area contributed by atoms with Gasteiger partial charge in [0.25, 0.3) is 0 Å². The Hall–Kier alpha value is -1.24. The van der Waals surface area contributed by atoms with Gasteiger partial charge in [-0.3, -0.25) is 0 Å². The summed E-state index contributed by atoms with van der Waals surface area (Å²) in [5, 5.41) is 3.67. The molecular formula is C17H23N. The van der Waals surface area contributed by atoms with Crippen molar-refractivity contribution < 1.29 is 0 Å². The average Bonchev–Trinajstić information content (AvgIpc) is 2.67. The molecule has 18 heavy (non-hydrogen) atoms. The normalized spacial score (nSPS) is 33.6. The third kappa shape index (κ3) is 1.96. The van der Waals surface area contributed by atoms with E-state index >= 15 is 0 Å². The molecule has 1 N–H and O–H groups in total. The van der Waals surface area contributed by atoms with Crippen LogP contribution in [0.25, 0.3) is 0 Å². The molecule has 0 aromatic rings. The molecule has 0 saturated carbocycles. The smallest absolute Gasteiger partial charge is 0.0377 e. The fraction of sp³-hybridized carbons (Fsp3) is 0.529. The maximum atomic E-state index is 3.67. The number of hydrogen-bond acceptors (Lipinski definition) is 1. The fourth-order valence-electron chi connectivity index (χ4n) is 3.30. The first-order valence-electron chi connectivity index (χ1n) is 7.16. The highest BCUT2D eigenvalue weighted by molar-refractivity contribution is 5.47. The van der Waals surface area contributed by atoms with Crippen molar-refractivity contribution >= 4 is 0 Å². The van der Waals surface area contributed by atoms with Crippen molar-refractivity contribution in [3.63, 3.8) is 0 Å². The van der Waals surface area contributed by atoms with Crippen LogP contribution < -0.4 is 5.32 Å². The van der Waals surface area contributed by atoms with Gasteiger partial charge in [-0.1, -0.05) is 39.0 Å². The van der Waals surface area contributed by atoms with Gasteiger partial charge in [0.05, 0.1) is 0 Å². The summed E-state index contributed by atoms with van der Waals surface area (Å²) in [4.78, 5) is 0. The lowest BCUT2D eigenvalue weighted by atomic mass is 9.78. The first-order chi connectivity index (χ1) is 8.57. The molecule has 0 amide bonds. The van der Waals surface area contributed by atoms with E-state index in [-0.39, 0.29) is 0 Å². The van der Waals surface area contributed by atoms with Gasteiger partial charge in [0.1, 0.15) is 0 Å². The number of hydrogen-bond donors (Lipinski definition) is 1. The van der Waals surface area contributed by atoms with Gasteiger partial charge in [0.2, 0.25) is 0 Å². The highest BCUT2D eigenvalue weighted by Gasteiger charge is 2.33. The van der Waals surface area contributed by atoms with Gasteiger partial charge < -0.3 is 5.32 Å². The van der Waals surface area contributed by atoms with E-state index in [0.717, 1.165) is 0 Å². The molecule has 0 spiro atoms. The standard InChI is InChI=1S/C17H23N/c1-12-14-11-17(2,3)10-9-15(14)18-16(12)13-7-5-4-6-8-13/h5,7,9-10,12,18H,4,6,8,11H2,1-3H3. The Labute approximate surface area is 110 Å². The van der Waals surface area contributed by atoms with E-state index in [9.17, 15) is 0 Å². The van der Waals surface area contributed by atoms with Crippen molar-refractivity contribution in [2.75, 3.05) is 0 Å². The minimum atomic E-state index is 0.317. The third-order valence-corrected chi connectivity index (χ3v) is 4.40. The average molecular weight is 241 g/mol. The third-order valence-electron chi connectivity index (χ3n) is 4.40. The minimum Gasteiger partial charge on any atom is -0.358 e. The summed E-state index contributed by atoms with van der Waals surface area (Å²) in [6.45, 7) is 7.01. The van der Waals surface area contributed by atoms with Crippen LogP contribution in [0.3, 0.4) is 0 Å². The summed E-state index contributed by atoms with van der Waals surface area (Å²) < 4.78 is 0. The molecule has 0 radical (unpaired) electrons. The SMILES string of the molecule is CC1C2=C(C=CC(C)(C)C2)NC1=C1C=CCCC1. The van der Waals surface area contributed by atoms with E-state index < -0.39 is 0 Å². The van der Waals surface area contributed by atoms with Gasteiger partial charge in [-0.25, -0.2) is 0 Å². The molecule has 1 heteroatoms. The summed E-state index contributed by atoms with van der Waals surface area (Å²) in [6, 6.07) is 0. The predicted molar refractivity (Wildman–Crippen MR) is 76.9 cm³/mol. The zero-order valence-electron chi connectivity index (χ0n) is 11.7. The van der Waals surface area contributed by atoms with Gasteiger partial charge in [0.15, 0.2) is 0 Å². The van der Waals surface area contributed by atoms with Crippen molar-refractivity contribution in [3.8, 4) is 0 Å². The van der Waals surface area contributed by atoms with Crippen molar-refractivity contribution in [2.24, 2.45) is 11.3 Å². The highest BCUT2D eigenvalue weighted by atomic mass is 14.9. The summed E-state index contributed by atoms with van der Waals surface area (Å²) >= 11 is 0. The first kappa shape index (κ1) is 11.8. The quantitative estimate of drug-likeness (QED) is 0.660. The summed E-state index contributed by atoms with van der Waals surface area (Å²) in [5.74, 6) is 0.571. The number of rotatable bonds is 0. The van der Waals surface area contributed by atoms with E-state index in [0.29, 0.717) is 11.3 Å². The second-order valence-electron chi connectivity index (χ2n) is 6.52. The first-order valence-corrected chi connectivity index (χ1v) is 7.16. The van der Waals surface area contributed by atoms with E-state index in [1.807, 2.05) is 0 Å². The molecule has 1 atom stereocenters. The van der Waals surface area contributed by atoms with Gasteiger partial charge >= 0.3 is 0 Å². The van der Waals surface area contributed by atoms with E-state index in [4.69, 9.17) is 0 Å². The van der Waals surface area contributed by atoms with Crippen LogP contribution in [0, 0.1) is 11.3 Å². The monoisotopic (exact) mass is 241 g/mol. The molecule has 3 aliphatic rings. The molecule has 1 nitrogen and oxygen atoms in total. The zero-order chi connectivity index (χ0) is 12.8. The highest BCUT2D eigenvalue weighted by Crippen LogP contribution is 2.43. The van der Waals surface area contributed by atoms with Crippen LogP contribution in [0.1, 0.15) is 46.5 Å². The van der Waals surface area contributed by atoms with Gasteiger partial charge in [0, 0.05) is 17.3 Å². The van der Waals surface area contributed by atoms with Crippen LogP contribution in [0.15, 0.2) is 46.8 Å². The Balaban J connectivity index is 1.92. The molecule has 96 valence electrons. The second-order valence-corrected chi connectivity index (χ2v) is 6.52. The fourth-order valence-corrected chi connectivity index (χ4v) is 3.30. The van der Waals surface area contributed by atoms with Gasteiger partial charge in [-0.15, -0.1) is 0 Å². The molecule has 1 aliphatic heterocycles. The molecule has 1 heterocycles. The molecule has 2 aliphatic carbocycles. The van der Waals surface area contributed by atoms with Gasteiger partial charge in [-0.2, -0.15) is 0 Å². The molecule has 1 unspecified atom stereocenters. The lowest BCUT2D eigenvalue weighted by molar-refractivity contribution is 0.453. The van der Waals surface area contributed by atoms with Crippen molar-refractivity contribution in [1.82, 2.24) is 5.32 Å². The van der Waals surface area contributed by atoms with Crippen LogP contribution in [0.4, 0.5) is 0 Å². The van der Waals surface area contributed by atoms with Crippen molar-refractivity contribution in [2.45, 2.75) is 46.5 Å². The summed E-state index contributed by atoms with van der Waals surface area (Å²) in [5.41, 5.74) is 6.26. The largest absolute Gasteiger partial charge is 0.358 e. The van der Waals surface area contributed by atoms with E-state index in [1.54, 1.807) is 5.57 Å². The molecular weight excluding hydrogens is 218 g/mol. The molecule has 0 aromatic heterocycles. The number of nitrogens with one attached hydrogen (secondary N) is 1. The van der Waals surface area contributed by atoms with Gasteiger partial charge in [-0.05, 0) is 48.3 Å². The van der Waals surface area contributed by atoms with Crippen molar-refractivity contribution in [1.29, 1.82) is 0 Å². The maximum absolute atomic E-state index is 3.67. The van der Waals surface area contributed by atoms with Crippen LogP contribution in [0.5, 0.6) is 0 Å². The molecule has 0 bridgehead atoms. The molecule has 3 rings (SSSR count). The molecule has 0 saturated heterocycles. The number of allylic oxidation sites excluding steroid dienone is 6. The Morgan fingerprint density at radius 3 is 2.83 bits per heavy atom. The second kappa shape index (κ2) is 4.15. The van der Waals surface area contributed by atoms with Crippen LogP contribution in [-0.2, 0) is 0 Å². The van der Waals surface area contributed by atoms with Crippen LogP contribution >= 0.6 is 0 Å². The Bertz CT molecular complexity index is 486. The lowest BCUT2D eigenvalue weighted by Gasteiger charge is -2.26. The van der Waals surface area contributed by atoms with Crippen LogP contribution in [-0.4, -0.2) is 0 Å².